The van der Waals surface area contributed by atoms with Crippen LogP contribution in [0.25, 0.3) is 0 Å². The molecule has 0 atom stereocenters. The van der Waals surface area contributed by atoms with Crippen molar-refractivity contribution in [3.8, 4) is 0 Å². The highest BCUT2D eigenvalue weighted by atomic mass is 32.2. The summed E-state index contributed by atoms with van der Waals surface area (Å²) in [5.74, 6) is 0.806. The van der Waals surface area contributed by atoms with Crippen molar-refractivity contribution in [3.05, 3.63) is 17.6 Å². The van der Waals surface area contributed by atoms with Crippen LogP contribution in [-0.2, 0) is 4.79 Å². The Morgan fingerprint density at radius 2 is 2.05 bits per heavy atom. The second-order valence-corrected chi connectivity index (χ2v) is 5.95. The second-order valence-electron chi connectivity index (χ2n) is 4.95. The maximum Gasteiger partial charge on any atom is 0.321 e. The maximum atomic E-state index is 11.7. The Hall–Kier alpha value is -1.63. The summed E-state index contributed by atoms with van der Waals surface area (Å²) in [6.07, 6.45) is 0.828. The number of nitrogens with one attached hydrogen (secondary N) is 2. The minimum Gasteiger partial charge on any atom is -0.338 e. The highest BCUT2D eigenvalue weighted by molar-refractivity contribution is 7.99. The van der Waals surface area contributed by atoms with Crippen molar-refractivity contribution in [2.45, 2.75) is 45.1 Å². The van der Waals surface area contributed by atoms with E-state index in [1.54, 1.807) is 0 Å². The monoisotopic (exact) mass is 310 g/mol. The standard InChI is InChI=1S/C14H22N4O2S/c1-5-6-15-14(20)17-11(19)8-21-12-7-10(4)16-13(18-12)9(2)3/h7,9H,5-6,8H2,1-4H3,(H2,15,17,19,20). The highest BCUT2D eigenvalue weighted by Crippen LogP contribution is 2.19. The quantitative estimate of drug-likeness (QED) is 0.622. The molecular formula is C14H22N4O2S. The van der Waals surface area contributed by atoms with Gasteiger partial charge in [0.1, 0.15) is 10.9 Å². The second kappa shape index (κ2) is 8.61. The fourth-order valence-electron chi connectivity index (χ4n) is 1.48. The van der Waals surface area contributed by atoms with Gasteiger partial charge in [0, 0.05) is 18.2 Å². The molecule has 0 aliphatic carbocycles. The highest BCUT2D eigenvalue weighted by Gasteiger charge is 2.10. The fraction of sp³-hybridized carbons (Fsp3) is 0.571. The molecule has 1 aromatic rings. The number of urea groups is 1. The molecule has 3 amide bonds. The minimum absolute atomic E-state index is 0.146. The van der Waals surface area contributed by atoms with Crippen LogP contribution in [-0.4, -0.2) is 34.2 Å². The van der Waals surface area contributed by atoms with Crippen LogP contribution in [0.4, 0.5) is 4.79 Å². The number of aromatic nitrogens is 2. The van der Waals surface area contributed by atoms with Crippen LogP contribution in [0.15, 0.2) is 11.1 Å². The van der Waals surface area contributed by atoms with Gasteiger partial charge in [0.15, 0.2) is 0 Å². The van der Waals surface area contributed by atoms with Gasteiger partial charge in [-0.3, -0.25) is 10.1 Å². The summed E-state index contributed by atoms with van der Waals surface area (Å²) in [5.41, 5.74) is 0.872. The van der Waals surface area contributed by atoms with Gasteiger partial charge in [0.25, 0.3) is 0 Å². The van der Waals surface area contributed by atoms with E-state index in [1.807, 2.05) is 33.8 Å². The van der Waals surface area contributed by atoms with Crippen molar-refractivity contribution in [2.24, 2.45) is 0 Å². The predicted molar refractivity (Wildman–Crippen MR) is 83.4 cm³/mol. The molecule has 0 saturated heterocycles. The number of aryl methyl sites for hydroxylation is 1. The first-order valence-corrected chi connectivity index (χ1v) is 7.97. The lowest BCUT2D eigenvalue weighted by molar-refractivity contribution is -0.117. The van der Waals surface area contributed by atoms with Gasteiger partial charge in [-0.25, -0.2) is 14.8 Å². The zero-order valence-electron chi connectivity index (χ0n) is 12.9. The van der Waals surface area contributed by atoms with Gasteiger partial charge in [-0.1, -0.05) is 32.5 Å². The number of carbonyl (C=O) groups excluding carboxylic acids is 2. The Morgan fingerprint density at radius 1 is 1.33 bits per heavy atom. The molecule has 21 heavy (non-hydrogen) atoms. The molecule has 0 spiro atoms. The van der Waals surface area contributed by atoms with Crippen LogP contribution in [0.3, 0.4) is 0 Å². The summed E-state index contributed by atoms with van der Waals surface area (Å²) in [7, 11) is 0. The first-order valence-electron chi connectivity index (χ1n) is 6.98. The smallest absolute Gasteiger partial charge is 0.321 e. The van der Waals surface area contributed by atoms with E-state index in [4.69, 9.17) is 0 Å². The van der Waals surface area contributed by atoms with Gasteiger partial charge in [-0.2, -0.15) is 0 Å². The van der Waals surface area contributed by atoms with Gasteiger partial charge in [0.05, 0.1) is 5.75 Å². The van der Waals surface area contributed by atoms with Gasteiger partial charge in [-0.15, -0.1) is 0 Å². The molecule has 2 N–H and O–H groups in total. The third-order valence-corrected chi connectivity index (χ3v) is 3.42. The molecule has 6 nitrogen and oxygen atoms in total. The first-order chi connectivity index (χ1) is 9.92. The van der Waals surface area contributed by atoms with Crippen LogP contribution in [0.5, 0.6) is 0 Å². The van der Waals surface area contributed by atoms with E-state index >= 15 is 0 Å². The average molecular weight is 310 g/mol. The molecular weight excluding hydrogens is 288 g/mol. The Morgan fingerprint density at radius 3 is 2.67 bits per heavy atom. The van der Waals surface area contributed by atoms with E-state index in [1.165, 1.54) is 11.8 Å². The summed E-state index contributed by atoms with van der Waals surface area (Å²) in [6.45, 7) is 8.44. The molecule has 1 heterocycles. The minimum atomic E-state index is -0.454. The van der Waals surface area contributed by atoms with Crippen molar-refractivity contribution in [3.63, 3.8) is 0 Å². The number of imide groups is 1. The maximum absolute atomic E-state index is 11.7. The summed E-state index contributed by atoms with van der Waals surface area (Å²) in [4.78, 5) is 31.8. The summed E-state index contributed by atoms with van der Waals surface area (Å²) < 4.78 is 0. The Labute approximate surface area is 129 Å². The molecule has 1 aromatic heterocycles. The molecule has 0 aliphatic heterocycles. The van der Waals surface area contributed by atoms with Crippen molar-refractivity contribution in [1.29, 1.82) is 0 Å². The number of nitrogens with zero attached hydrogens (tertiary/aromatic N) is 2. The van der Waals surface area contributed by atoms with Crippen LogP contribution in [0, 0.1) is 6.92 Å². The number of rotatable bonds is 6. The van der Waals surface area contributed by atoms with E-state index in [2.05, 4.69) is 20.6 Å². The lowest BCUT2D eigenvalue weighted by Crippen LogP contribution is -2.40. The van der Waals surface area contributed by atoms with Gasteiger partial charge < -0.3 is 5.32 Å². The summed E-state index contributed by atoms with van der Waals surface area (Å²) in [6, 6.07) is 1.38. The Kier molecular flexibility index (Phi) is 7.14. The molecule has 116 valence electrons. The van der Waals surface area contributed by atoms with Crippen LogP contribution >= 0.6 is 11.8 Å². The lowest BCUT2D eigenvalue weighted by Gasteiger charge is -2.08. The largest absolute Gasteiger partial charge is 0.338 e. The van der Waals surface area contributed by atoms with Gasteiger partial charge in [0.2, 0.25) is 5.91 Å². The van der Waals surface area contributed by atoms with Crippen LogP contribution in [0.1, 0.15) is 44.6 Å². The normalized spacial score (nSPS) is 10.5. The SMILES string of the molecule is CCCNC(=O)NC(=O)CSc1cc(C)nc(C(C)C)n1. The number of hydrogen-bond donors (Lipinski definition) is 2. The molecule has 0 unspecified atom stereocenters. The van der Waals surface area contributed by atoms with Crippen molar-refractivity contribution in [1.82, 2.24) is 20.6 Å². The number of amides is 3. The molecule has 0 radical (unpaired) electrons. The topological polar surface area (TPSA) is 84.0 Å². The summed E-state index contributed by atoms with van der Waals surface area (Å²) in [5, 5.41) is 5.62. The van der Waals surface area contributed by atoms with Crippen molar-refractivity contribution < 1.29 is 9.59 Å². The van der Waals surface area contributed by atoms with Gasteiger partial charge >= 0.3 is 6.03 Å². The van der Waals surface area contributed by atoms with Crippen LogP contribution < -0.4 is 10.6 Å². The summed E-state index contributed by atoms with van der Waals surface area (Å²) >= 11 is 1.30. The first kappa shape index (κ1) is 17.4. The molecule has 0 aromatic carbocycles. The number of carbonyl (C=O) groups is 2. The Balaban J connectivity index is 2.51. The molecule has 0 aliphatic rings. The van der Waals surface area contributed by atoms with Crippen LogP contribution in [0.2, 0.25) is 0 Å². The third-order valence-electron chi connectivity index (χ3n) is 2.50. The van der Waals surface area contributed by atoms with Crippen molar-refractivity contribution >= 4 is 23.7 Å². The van der Waals surface area contributed by atoms with Crippen molar-refractivity contribution in [2.75, 3.05) is 12.3 Å². The van der Waals surface area contributed by atoms with E-state index in [-0.39, 0.29) is 17.6 Å². The molecule has 0 bridgehead atoms. The zero-order chi connectivity index (χ0) is 15.8. The molecule has 1 rings (SSSR count). The average Bonchev–Trinajstić information content (AvgIpc) is 2.42. The Bertz CT molecular complexity index is 506. The molecule has 0 saturated carbocycles. The third kappa shape index (κ3) is 6.57. The fourth-order valence-corrected chi connectivity index (χ4v) is 2.24. The van der Waals surface area contributed by atoms with E-state index < -0.39 is 6.03 Å². The van der Waals surface area contributed by atoms with E-state index in [9.17, 15) is 9.59 Å². The molecule has 7 heteroatoms. The molecule has 0 fully saturated rings. The van der Waals surface area contributed by atoms with Gasteiger partial charge in [-0.05, 0) is 19.4 Å². The lowest BCUT2D eigenvalue weighted by atomic mass is 10.2. The number of hydrogen-bond acceptors (Lipinski definition) is 5. The number of thioether (sulfide) groups is 1. The predicted octanol–water partition coefficient (Wildman–Crippen LogP) is 2.24. The van der Waals surface area contributed by atoms with E-state index in [0.29, 0.717) is 6.54 Å². The zero-order valence-corrected chi connectivity index (χ0v) is 13.7. The van der Waals surface area contributed by atoms with E-state index in [0.717, 1.165) is 23.0 Å².